The van der Waals surface area contributed by atoms with E-state index in [9.17, 15) is 4.79 Å². The van der Waals surface area contributed by atoms with Crippen molar-refractivity contribution < 1.29 is 14.3 Å². The molecule has 0 bridgehead atoms. The maximum Gasteiger partial charge on any atom is 0.227 e. The van der Waals surface area contributed by atoms with Gasteiger partial charge in [0.1, 0.15) is 11.6 Å². The number of benzene rings is 1. The summed E-state index contributed by atoms with van der Waals surface area (Å²) in [7, 11) is 1.64. The maximum absolute atomic E-state index is 12.2. The number of hydrogen-bond donors (Lipinski definition) is 2. The van der Waals surface area contributed by atoms with E-state index < -0.39 is 0 Å². The number of rotatable bonds is 5. The lowest BCUT2D eigenvalue weighted by molar-refractivity contribution is -0.122. The van der Waals surface area contributed by atoms with Crippen molar-refractivity contribution in [1.29, 1.82) is 0 Å². The minimum atomic E-state index is 0.0239. The van der Waals surface area contributed by atoms with Gasteiger partial charge in [-0.3, -0.25) is 4.79 Å². The Morgan fingerprint density at radius 3 is 2.46 bits per heavy atom. The van der Waals surface area contributed by atoms with Crippen LogP contribution in [-0.2, 0) is 9.53 Å². The predicted molar refractivity (Wildman–Crippen MR) is 92.7 cm³/mol. The van der Waals surface area contributed by atoms with Crippen molar-refractivity contribution in [3.05, 3.63) is 42.6 Å². The number of nitrogens with zero attached hydrogens (tertiary/aromatic N) is 1. The Kier molecular flexibility index (Phi) is 5.28. The van der Waals surface area contributed by atoms with E-state index in [1.807, 2.05) is 36.4 Å². The van der Waals surface area contributed by atoms with Gasteiger partial charge in [0, 0.05) is 24.8 Å². The van der Waals surface area contributed by atoms with Gasteiger partial charge < -0.3 is 20.1 Å². The van der Waals surface area contributed by atoms with Crippen molar-refractivity contribution in [1.82, 2.24) is 4.98 Å². The largest absolute Gasteiger partial charge is 0.497 e. The number of carbonyl (C=O) groups excluding carboxylic acids is 1. The molecule has 1 fully saturated rings. The molecule has 24 heavy (non-hydrogen) atoms. The number of pyridine rings is 1. The first-order valence-corrected chi connectivity index (χ1v) is 8.00. The normalized spacial score (nSPS) is 14.9. The van der Waals surface area contributed by atoms with Gasteiger partial charge in [-0.25, -0.2) is 4.98 Å². The summed E-state index contributed by atoms with van der Waals surface area (Å²) < 4.78 is 10.4. The average Bonchev–Trinajstić information content (AvgIpc) is 2.65. The molecule has 2 aromatic rings. The van der Waals surface area contributed by atoms with Gasteiger partial charge in [0.05, 0.1) is 19.0 Å². The van der Waals surface area contributed by atoms with Crippen LogP contribution in [0.5, 0.6) is 5.75 Å². The van der Waals surface area contributed by atoms with Crippen LogP contribution in [0.1, 0.15) is 12.8 Å². The SMILES string of the molecule is COc1ccc(Nc2ccc(NC(=O)C3CCOCC3)cn2)cc1. The van der Waals surface area contributed by atoms with Crippen molar-refractivity contribution in [2.24, 2.45) is 5.92 Å². The molecular weight excluding hydrogens is 306 g/mol. The number of hydrogen-bond acceptors (Lipinski definition) is 5. The van der Waals surface area contributed by atoms with E-state index in [1.54, 1.807) is 13.3 Å². The van der Waals surface area contributed by atoms with Crippen LogP contribution in [0.25, 0.3) is 0 Å². The topological polar surface area (TPSA) is 72.5 Å². The summed E-state index contributed by atoms with van der Waals surface area (Å²) in [6.07, 6.45) is 3.20. The molecule has 1 saturated heterocycles. The molecule has 6 heteroatoms. The van der Waals surface area contributed by atoms with Crippen molar-refractivity contribution in [3.8, 4) is 5.75 Å². The van der Waals surface area contributed by atoms with E-state index in [2.05, 4.69) is 15.6 Å². The standard InChI is InChI=1S/C18H21N3O3/c1-23-16-5-2-14(3-6-16)20-17-7-4-15(12-19-17)21-18(22)13-8-10-24-11-9-13/h2-7,12-13H,8-11H2,1H3,(H,19,20)(H,21,22). The maximum atomic E-state index is 12.2. The fourth-order valence-corrected chi connectivity index (χ4v) is 2.57. The Morgan fingerprint density at radius 2 is 1.83 bits per heavy atom. The van der Waals surface area contributed by atoms with Crippen LogP contribution >= 0.6 is 0 Å². The molecule has 0 saturated carbocycles. The first-order valence-electron chi connectivity index (χ1n) is 8.00. The molecule has 2 N–H and O–H groups in total. The van der Waals surface area contributed by atoms with Crippen LogP contribution in [0.2, 0.25) is 0 Å². The van der Waals surface area contributed by atoms with Crippen molar-refractivity contribution in [2.75, 3.05) is 31.0 Å². The smallest absolute Gasteiger partial charge is 0.227 e. The van der Waals surface area contributed by atoms with Crippen LogP contribution < -0.4 is 15.4 Å². The van der Waals surface area contributed by atoms with Gasteiger partial charge in [-0.2, -0.15) is 0 Å². The zero-order valence-electron chi connectivity index (χ0n) is 13.6. The minimum Gasteiger partial charge on any atom is -0.497 e. The first kappa shape index (κ1) is 16.3. The quantitative estimate of drug-likeness (QED) is 0.882. The second-order valence-corrected chi connectivity index (χ2v) is 5.66. The van der Waals surface area contributed by atoms with Gasteiger partial charge in [-0.05, 0) is 49.2 Å². The third-order valence-electron chi connectivity index (χ3n) is 3.99. The molecule has 6 nitrogen and oxygen atoms in total. The van der Waals surface area contributed by atoms with Crippen LogP contribution in [0.3, 0.4) is 0 Å². The second kappa shape index (κ2) is 7.79. The zero-order valence-corrected chi connectivity index (χ0v) is 13.6. The first-order chi connectivity index (χ1) is 11.7. The molecule has 3 rings (SSSR count). The number of amides is 1. The van der Waals surface area contributed by atoms with Crippen LogP contribution in [-0.4, -0.2) is 31.2 Å². The zero-order chi connectivity index (χ0) is 16.8. The monoisotopic (exact) mass is 327 g/mol. The molecule has 0 radical (unpaired) electrons. The molecule has 0 atom stereocenters. The summed E-state index contributed by atoms with van der Waals surface area (Å²) in [5.74, 6) is 1.58. The highest BCUT2D eigenvalue weighted by Crippen LogP contribution is 2.21. The molecule has 126 valence electrons. The fourth-order valence-electron chi connectivity index (χ4n) is 2.57. The summed E-state index contributed by atoms with van der Waals surface area (Å²) in [5, 5.41) is 6.12. The Balaban J connectivity index is 1.57. The van der Waals surface area contributed by atoms with Gasteiger partial charge in [-0.1, -0.05) is 0 Å². The van der Waals surface area contributed by atoms with Crippen molar-refractivity contribution in [3.63, 3.8) is 0 Å². The number of methoxy groups -OCH3 is 1. The van der Waals surface area contributed by atoms with E-state index in [-0.39, 0.29) is 11.8 Å². The van der Waals surface area contributed by atoms with Gasteiger partial charge in [-0.15, -0.1) is 0 Å². The molecule has 1 aliphatic rings. The van der Waals surface area contributed by atoms with Crippen molar-refractivity contribution >= 4 is 23.1 Å². The molecule has 0 unspecified atom stereocenters. The highest BCUT2D eigenvalue weighted by Gasteiger charge is 2.21. The number of carbonyl (C=O) groups is 1. The molecule has 1 aromatic carbocycles. The van der Waals surface area contributed by atoms with Crippen LogP contribution in [0.15, 0.2) is 42.6 Å². The van der Waals surface area contributed by atoms with Gasteiger partial charge in [0.2, 0.25) is 5.91 Å². The lowest BCUT2D eigenvalue weighted by Crippen LogP contribution is -2.28. The number of anilines is 3. The summed E-state index contributed by atoms with van der Waals surface area (Å²) in [5.41, 5.74) is 1.62. The molecule has 1 amide bonds. The molecular formula is C18H21N3O3. The van der Waals surface area contributed by atoms with Gasteiger partial charge in [0.25, 0.3) is 0 Å². The highest BCUT2D eigenvalue weighted by molar-refractivity contribution is 5.92. The minimum absolute atomic E-state index is 0.0239. The summed E-state index contributed by atoms with van der Waals surface area (Å²) in [6, 6.07) is 11.3. The van der Waals surface area contributed by atoms with Gasteiger partial charge >= 0.3 is 0 Å². The molecule has 0 spiro atoms. The molecule has 2 heterocycles. The van der Waals surface area contributed by atoms with Crippen LogP contribution in [0, 0.1) is 5.92 Å². The Labute approximate surface area is 141 Å². The molecule has 1 aliphatic heterocycles. The van der Waals surface area contributed by atoms with E-state index in [0.717, 1.165) is 24.3 Å². The number of ether oxygens (including phenoxy) is 2. The van der Waals surface area contributed by atoms with E-state index in [1.165, 1.54) is 0 Å². The fraction of sp³-hybridized carbons (Fsp3) is 0.333. The van der Waals surface area contributed by atoms with Gasteiger partial charge in [0.15, 0.2) is 0 Å². The van der Waals surface area contributed by atoms with E-state index in [0.29, 0.717) is 24.7 Å². The lowest BCUT2D eigenvalue weighted by atomic mass is 9.99. The van der Waals surface area contributed by atoms with Crippen molar-refractivity contribution in [2.45, 2.75) is 12.8 Å². The number of aromatic nitrogens is 1. The predicted octanol–water partition coefficient (Wildman–Crippen LogP) is 3.20. The van der Waals surface area contributed by atoms with Crippen LogP contribution in [0.4, 0.5) is 17.2 Å². The second-order valence-electron chi connectivity index (χ2n) is 5.66. The molecule has 1 aromatic heterocycles. The summed E-state index contributed by atoms with van der Waals surface area (Å²) in [6.45, 7) is 1.31. The third-order valence-corrected chi connectivity index (χ3v) is 3.99. The Hall–Kier alpha value is -2.60. The average molecular weight is 327 g/mol. The summed E-state index contributed by atoms with van der Waals surface area (Å²) >= 11 is 0. The molecule has 0 aliphatic carbocycles. The highest BCUT2D eigenvalue weighted by atomic mass is 16.5. The number of nitrogens with one attached hydrogen (secondary N) is 2. The Bertz CT molecular complexity index is 665. The summed E-state index contributed by atoms with van der Waals surface area (Å²) in [4.78, 5) is 16.5. The lowest BCUT2D eigenvalue weighted by Gasteiger charge is -2.21. The Morgan fingerprint density at radius 1 is 1.12 bits per heavy atom. The van der Waals surface area contributed by atoms with E-state index in [4.69, 9.17) is 9.47 Å². The third kappa shape index (κ3) is 4.23. The van der Waals surface area contributed by atoms with E-state index >= 15 is 0 Å².